The van der Waals surface area contributed by atoms with Crippen LogP contribution in [0.3, 0.4) is 0 Å². The lowest BCUT2D eigenvalue weighted by atomic mass is 9.86. The average molecular weight is 437 g/mol. The van der Waals surface area contributed by atoms with E-state index in [4.69, 9.17) is 5.84 Å². The summed E-state index contributed by atoms with van der Waals surface area (Å²) in [6, 6.07) is 14.2. The molecule has 1 aliphatic heterocycles. The van der Waals surface area contributed by atoms with E-state index < -0.39 is 30.0 Å². The molecule has 0 unspecified atom stereocenters. The highest BCUT2D eigenvalue weighted by Crippen LogP contribution is 2.38. The second-order valence-corrected chi connectivity index (χ2v) is 9.07. The Morgan fingerprint density at radius 2 is 1.69 bits per heavy atom. The maximum Gasteiger partial charge on any atom is 0.328 e. The summed E-state index contributed by atoms with van der Waals surface area (Å²) in [4.78, 5) is 40.0. The van der Waals surface area contributed by atoms with Gasteiger partial charge in [0.1, 0.15) is 12.1 Å². The minimum absolute atomic E-state index is 0.0145. The highest BCUT2D eigenvalue weighted by atomic mass is 16.4. The van der Waals surface area contributed by atoms with Crippen LogP contribution in [0.15, 0.2) is 53.6 Å². The highest BCUT2D eigenvalue weighted by Gasteiger charge is 2.55. The molecule has 0 aromatic heterocycles. The van der Waals surface area contributed by atoms with Crippen LogP contribution in [0.2, 0.25) is 0 Å². The number of carboxylic acids is 1. The molecule has 1 heterocycles. The molecule has 32 heavy (non-hydrogen) atoms. The minimum Gasteiger partial charge on any atom is -0.480 e. The molecule has 3 rings (SSSR count). The van der Waals surface area contributed by atoms with Crippen molar-refractivity contribution in [1.82, 2.24) is 9.80 Å². The third kappa shape index (κ3) is 4.21. The first-order valence-corrected chi connectivity index (χ1v) is 10.3. The predicted octanol–water partition coefficient (Wildman–Crippen LogP) is 3.04. The van der Waals surface area contributed by atoms with Crippen molar-refractivity contribution in [2.45, 2.75) is 45.2 Å². The van der Waals surface area contributed by atoms with Gasteiger partial charge in [0.15, 0.2) is 0 Å². The van der Waals surface area contributed by atoms with Crippen molar-refractivity contribution in [3.05, 3.63) is 70.8 Å². The lowest BCUT2D eigenvalue weighted by molar-refractivity contribution is -0.143. The topological polar surface area (TPSA) is 116 Å². The second-order valence-electron chi connectivity index (χ2n) is 9.07. The lowest BCUT2D eigenvalue weighted by Gasteiger charge is -2.32. The summed E-state index contributed by atoms with van der Waals surface area (Å²) in [5, 5.41) is 12.7. The van der Waals surface area contributed by atoms with E-state index in [-0.39, 0.29) is 12.0 Å². The summed E-state index contributed by atoms with van der Waals surface area (Å²) in [7, 11) is 0. The first kappa shape index (κ1) is 23.0. The van der Waals surface area contributed by atoms with Gasteiger partial charge in [0.2, 0.25) is 0 Å². The number of carboxylic acid groups (broad SMARTS) is 1. The van der Waals surface area contributed by atoms with Gasteiger partial charge in [-0.2, -0.15) is 5.10 Å². The normalized spacial score (nSPS) is 19.2. The van der Waals surface area contributed by atoms with Gasteiger partial charge < -0.3 is 15.8 Å². The number of carbonyl (C=O) groups excluding carboxylic acids is 2. The number of amides is 3. The molecule has 0 radical (unpaired) electrons. The van der Waals surface area contributed by atoms with E-state index in [1.807, 2.05) is 24.3 Å². The van der Waals surface area contributed by atoms with Crippen LogP contribution in [0, 0.1) is 0 Å². The smallest absolute Gasteiger partial charge is 0.328 e. The summed E-state index contributed by atoms with van der Waals surface area (Å²) < 4.78 is 0. The molecule has 0 bridgehead atoms. The molecule has 8 heteroatoms. The number of aliphatic carboxylic acids is 1. The maximum atomic E-state index is 13.3. The van der Waals surface area contributed by atoms with E-state index >= 15 is 0 Å². The summed E-state index contributed by atoms with van der Waals surface area (Å²) in [5.41, 5.74) is 1.94. The van der Waals surface area contributed by atoms with Crippen molar-refractivity contribution in [3.63, 3.8) is 0 Å². The predicted molar refractivity (Wildman–Crippen MR) is 121 cm³/mol. The average Bonchev–Trinajstić information content (AvgIpc) is 2.90. The molecule has 168 valence electrons. The SMILES string of the molecule is CC(C)(C)c1ccc(CN2C(=O)N(CC(=O)O)C(=O)[C@@]2(C)c2ccc(C=NN)cc2)cc1. The van der Waals surface area contributed by atoms with E-state index in [2.05, 4.69) is 25.9 Å². The number of nitrogens with two attached hydrogens (primary N) is 1. The molecule has 0 saturated carbocycles. The van der Waals surface area contributed by atoms with Gasteiger partial charge in [0, 0.05) is 6.54 Å². The van der Waals surface area contributed by atoms with Gasteiger partial charge >= 0.3 is 12.0 Å². The number of rotatable bonds is 6. The molecule has 0 aliphatic carbocycles. The number of hydrogen-bond donors (Lipinski definition) is 2. The molecule has 1 fully saturated rings. The van der Waals surface area contributed by atoms with Crippen molar-refractivity contribution >= 4 is 24.1 Å². The van der Waals surface area contributed by atoms with Crippen LogP contribution in [0.4, 0.5) is 4.79 Å². The molecule has 0 spiro atoms. The first-order chi connectivity index (χ1) is 15.0. The van der Waals surface area contributed by atoms with Gasteiger partial charge in [-0.25, -0.2) is 4.79 Å². The number of carbonyl (C=O) groups is 3. The van der Waals surface area contributed by atoms with Gasteiger partial charge in [0.25, 0.3) is 5.91 Å². The Morgan fingerprint density at radius 3 is 2.19 bits per heavy atom. The summed E-state index contributed by atoms with van der Waals surface area (Å²) in [6.07, 6.45) is 1.47. The zero-order chi connectivity index (χ0) is 23.7. The summed E-state index contributed by atoms with van der Waals surface area (Å²) >= 11 is 0. The van der Waals surface area contributed by atoms with Crippen molar-refractivity contribution in [3.8, 4) is 0 Å². The van der Waals surface area contributed by atoms with Crippen LogP contribution in [0.25, 0.3) is 0 Å². The number of hydrogen-bond acceptors (Lipinski definition) is 5. The quantitative estimate of drug-likeness (QED) is 0.312. The highest BCUT2D eigenvalue weighted by molar-refractivity contribution is 6.08. The second kappa shape index (κ2) is 8.45. The maximum absolute atomic E-state index is 13.3. The number of hydrazone groups is 1. The van der Waals surface area contributed by atoms with E-state index in [9.17, 15) is 19.5 Å². The van der Waals surface area contributed by atoms with Crippen LogP contribution in [0.1, 0.15) is 49.9 Å². The Balaban J connectivity index is 2.02. The fraction of sp³-hybridized carbons (Fsp3) is 0.333. The Morgan fingerprint density at radius 1 is 1.09 bits per heavy atom. The standard InChI is InChI=1S/C24H28N4O4/c1-23(2,3)18-9-7-17(8-10-18)14-28-22(32)27(15-20(29)30)21(31)24(28,4)19-11-5-16(6-12-19)13-26-25/h5-13H,14-15,25H2,1-4H3,(H,29,30)/t24-/m1/s1. The van der Waals surface area contributed by atoms with Crippen LogP contribution in [0.5, 0.6) is 0 Å². The Kier molecular flexibility index (Phi) is 6.07. The lowest BCUT2D eigenvalue weighted by Crippen LogP contribution is -2.44. The molecule has 1 aliphatic rings. The fourth-order valence-corrected chi connectivity index (χ4v) is 3.85. The first-order valence-electron chi connectivity index (χ1n) is 10.3. The molecule has 1 saturated heterocycles. The zero-order valence-corrected chi connectivity index (χ0v) is 18.7. The Hall–Kier alpha value is -3.68. The molecule has 3 N–H and O–H groups in total. The van der Waals surface area contributed by atoms with E-state index in [1.165, 1.54) is 11.1 Å². The van der Waals surface area contributed by atoms with Crippen molar-refractivity contribution in [1.29, 1.82) is 0 Å². The van der Waals surface area contributed by atoms with Gasteiger partial charge in [-0.1, -0.05) is 69.3 Å². The number of imide groups is 1. The molecule has 2 aromatic carbocycles. The van der Waals surface area contributed by atoms with Crippen LogP contribution in [-0.2, 0) is 27.1 Å². The van der Waals surface area contributed by atoms with Crippen molar-refractivity contribution < 1.29 is 19.5 Å². The van der Waals surface area contributed by atoms with Crippen LogP contribution < -0.4 is 5.84 Å². The van der Waals surface area contributed by atoms with Gasteiger partial charge in [-0.05, 0) is 34.6 Å². The molecule has 8 nitrogen and oxygen atoms in total. The van der Waals surface area contributed by atoms with Gasteiger partial charge in [0.05, 0.1) is 6.21 Å². The largest absolute Gasteiger partial charge is 0.480 e. The molecular weight excluding hydrogens is 408 g/mol. The van der Waals surface area contributed by atoms with Crippen LogP contribution >= 0.6 is 0 Å². The molecule has 3 amide bonds. The zero-order valence-electron chi connectivity index (χ0n) is 18.7. The van der Waals surface area contributed by atoms with E-state index in [1.54, 1.807) is 31.2 Å². The van der Waals surface area contributed by atoms with Gasteiger partial charge in [-0.15, -0.1) is 0 Å². The van der Waals surface area contributed by atoms with Gasteiger partial charge in [-0.3, -0.25) is 14.5 Å². The minimum atomic E-state index is -1.35. The van der Waals surface area contributed by atoms with E-state index in [0.29, 0.717) is 5.56 Å². The van der Waals surface area contributed by atoms with Crippen molar-refractivity contribution in [2.24, 2.45) is 10.9 Å². The Labute approximate surface area is 187 Å². The fourth-order valence-electron chi connectivity index (χ4n) is 3.85. The number of nitrogens with zero attached hydrogens (tertiary/aromatic N) is 3. The third-order valence-electron chi connectivity index (χ3n) is 5.81. The molecule has 1 atom stereocenters. The number of urea groups is 1. The van der Waals surface area contributed by atoms with E-state index in [0.717, 1.165) is 21.6 Å². The van der Waals surface area contributed by atoms with Crippen molar-refractivity contribution in [2.75, 3.05) is 6.54 Å². The summed E-state index contributed by atoms with van der Waals surface area (Å²) in [5.74, 6) is 3.37. The number of benzene rings is 2. The molecule has 2 aromatic rings. The Bertz CT molecular complexity index is 1050. The summed E-state index contributed by atoms with van der Waals surface area (Å²) in [6.45, 7) is 7.46. The monoisotopic (exact) mass is 436 g/mol. The molecular formula is C24H28N4O4. The van der Waals surface area contributed by atoms with Crippen LogP contribution in [-0.4, -0.2) is 45.6 Å². The third-order valence-corrected chi connectivity index (χ3v) is 5.81.